The van der Waals surface area contributed by atoms with Crippen molar-refractivity contribution in [3.8, 4) is 11.1 Å². The maximum Gasteiger partial charge on any atom is 0.289 e. The van der Waals surface area contributed by atoms with Crippen molar-refractivity contribution >= 4 is 17.2 Å². The van der Waals surface area contributed by atoms with Crippen LogP contribution in [0.3, 0.4) is 0 Å². The Morgan fingerprint density at radius 2 is 1.67 bits per heavy atom. The number of benzene rings is 2. The number of aryl methyl sites for hydroxylation is 1. The summed E-state index contributed by atoms with van der Waals surface area (Å²) in [6.45, 7) is 3.88. The van der Waals surface area contributed by atoms with Crippen LogP contribution < -0.4 is 5.73 Å². The van der Waals surface area contributed by atoms with E-state index in [4.69, 9.17) is 5.73 Å². The largest absolute Gasteiger partial charge is 0.363 e. The average molecular weight is 397 g/mol. The van der Waals surface area contributed by atoms with Crippen LogP contribution in [0.4, 0.5) is 0 Å². The van der Waals surface area contributed by atoms with E-state index in [1.807, 2.05) is 42.6 Å². The highest BCUT2D eigenvalue weighted by Crippen LogP contribution is 2.28. The van der Waals surface area contributed by atoms with Crippen LogP contribution in [0.2, 0.25) is 0 Å². The summed E-state index contributed by atoms with van der Waals surface area (Å²) in [4.78, 5) is 28.6. The third kappa shape index (κ3) is 3.50. The Hall–Kier alpha value is -3.73. The summed E-state index contributed by atoms with van der Waals surface area (Å²) in [7, 11) is 0. The van der Waals surface area contributed by atoms with Crippen LogP contribution in [0.5, 0.6) is 0 Å². The van der Waals surface area contributed by atoms with Crippen molar-refractivity contribution in [2.75, 3.05) is 0 Å². The van der Waals surface area contributed by atoms with E-state index in [0.717, 1.165) is 28.1 Å². The molecule has 5 heteroatoms. The number of Topliss-reactive ketones (excluding diaryl/α,β-unsaturated/α-hetero) is 1. The molecule has 0 radical (unpaired) electrons. The highest BCUT2D eigenvalue weighted by Gasteiger charge is 2.25. The first-order valence-corrected chi connectivity index (χ1v) is 9.96. The standard InChI is InChI=1S/C25H23N3O2/c1-3-20-21(13-17-9-11-19(12-10-17)18-7-5-4-6-8-18)28-15-16(2)27-14-22(28)23(20)24(29)25(26)30/h4-12,14-15H,3,13H2,1-2H3,(H2,26,30). The summed E-state index contributed by atoms with van der Waals surface area (Å²) in [5, 5.41) is 0. The third-order valence-electron chi connectivity index (χ3n) is 5.40. The zero-order chi connectivity index (χ0) is 21.3. The molecule has 1 amide bonds. The van der Waals surface area contributed by atoms with E-state index in [9.17, 15) is 9.59 Å². The van der Waals surface area contributed by atoms with Crippen molar-refractivity contribution < 1.29 is 9.59 Å². The fraction of sp³-hybridized carbons (Fsp3) is 0.160. The molecule has 0 saturated heterocycles. The minimum Gasteiger partial charge on any atom is -0.363 e. The van der Waals surface area contributed by atoms with Gasteiger partial charge in [0.25, 0.3) is 11.7 Å². The molecule has 2 N–H and O–H groups in total. The molecule has 150 valence electrons. The van der Waals surface area contributed by atoms with Crippen LogP contribution >= 0.6 is 0 Å². The van der Waals surface area contributed by atoms with Gasteiger partial charge in [0.2, 0.25) is 0 Å². The van der Waals surface area contributed by atoms with Crippen molar-refractivity contribution in [1.29, 1.82) is 0 Å². The maximum atomic E-state index is 12.6. The topological polar surface area (TPSA) is 77.5 Å². The normalized spacial score (nSPS) is 11.0. The van der Waals surface area contributed by atoms with Crippen molar-refractivity contribution in [1.82, 2.24) is 9.38 Å². The van der Waals surface area contributed by atoms with Gasteiger partial charge in [-0.3, -0.25) is 14.6 Å². The number of nitrogens with zero attached hydrogens (tertiary/aromatic N) is 2. The summed E-state index contributed by atoms with van der Waals surface area (Å²) in [5.41, 5.74) is 12.4. The molecule has 0 aliphatic heterocycles. The van der Waals surface area contributed by atoms with Crippen molar-refractivity contribution in [2.24, 2.45) is 5.73 Å². The molecule has 0 bridgehead atoms. The second kappa shape index (κ2) is 7.95. The molecule has 0 atom stereocenters. The molecule has 0 aliphatic carbocycles. The van der Waals surface area contributed by atoms with Gasteiger partial charge >= 0.3 is 0 Å². The first-order chi connectivity index (χ1) is 14.5. The first kappa shape index (κ1) is 19.6. The quantitative estimate of drug-likeness (QED) is 0.392. The number of hydrogen-bond donors (Lipinski definition) is 1. The Morgan fingerprint density at radius 1 is 1.00 bits per heavy atom. The summed E-state index contributed by atoms with van der Waals surface area (Å²) in [6, 6.07) is 18.6. The van der Waals surface area contributed by atoms with Crippen molar-refractivity contribution in [2.45, 2.75) is 26.7 Å². The van der Waals surface area contributed by atoms with Gasteiger partial charge in [-0.15, -0.1) is 0 Å². The zero-order valence-electron chi connectivity index (χ0n) is 17.1. The Kier molecular flexibility index (Phi) is 5.19. The fourth-order valence-corrected chi connectivity index (χ4v) is 3.96. The lowest BCUT2D eigenvalue weighted by atomic mass is 9.98. The minimum absolute atomic E-state index is 0.369. The second-order valence-corrected chi connectivity index (χ2v) is 7.37. The summed E-state index contributed by atoms with van der Waals surface area (Å²) in [5.74, 6) is -1.61. The lowest BCUT2D eigenvalue weighted by Gasteiger charge is -2.08. The Morgan fingerprint density at radius 3 is 2.30 bits per heavy atom. The van der Waals surface area contributed by atoms with E-state index in [-0.39, 0.29) is 0 Å². The molecule has 2 aromatic heterocycles. The molecule has 0 fully saturated rings. The molecular weight excluding hydrogens is 374 g/mol. The number of ketones is 1. The van der Waals surface area contributed by atoms with Crippen LogP contribution in [-0.2, 0) is 17.6 Å². The van der Waals surface area contributed by atoms with Gasteiger partial charge in [-0.05, 0) is 35.6 Å². The Bertz CT molecular complexity index is 1240. The second-order valence-electron chi connectivity index (χ2n) is 7.37. The third-order valence-corrected chi connectivity index (χ3v) is 5.40. The molecule has 30 heavy (non-hydrogen) atoms. The summed E-state index contributed by atoms with van der Waals surface area (Å²) < 4.78 is 1.97. The Labute approximate surface area is 175 Å². The fourth-order valence-electron chi connectivity index (χ4n) is 3.96. The number of amides is 1. The molecule has 0 saturated carbocycles. The number of rotatable bonds is 6. The molecule has 0 spiro atoms. The molecular formula is C25H23N3O2. The molecule has 2 aromatic carbocycles. The number of carbonyl (C=O) groups excluding carboxylic acids is 2. The number of nitrogens with two attached hydrogens (primary N) is 1. The van der Waals surface area contributed by atoms with Gasteiger partial charge < -0.3 is 10.1 Å². The predicted octanol–water partition coefficient (Wildman–Crippen LogP) is 4.13. The van der Waals surface area contributed by atoms with Gasteiger partial charge in [-0.25, -0.2) is 0 Å². The Balaban J connectivity index is 1.80. The van der Waals surface area contributed by atoms with Crippen LogP contribution in [0.1, 0.15) is 39.8 Å². The van der Waals surface area contributed by atoms with Crippen molar-refractivity contribution in [3.05, 3.63) is 95.1 Å². The summed E-state index contributed by atoms with van der Waals surface area (Å²) >= 11 is 0. The minimum atomic E-state index is -0.948. The molecule has 5 nitrogen and oxygen atoms in total. The molecule has 0 unspecified atom stereocenters. The molecule has 0 aliphatic rings. The van der Waals surface area contributed by atoms with Gasteiger partial charge in [0.15, 0.2) is 0 Å². The maximum absolute atomic E-state index is 12.6. The lowest BCUT2D eigenvalue weighted by Crippen LogP contribution is -2.24. The van der Waals surface area contributed by atoms with E-state index >= 15 is 0 Å². The van der Waals surface area contributed by atoms with Crippen LogP contribution in [0, 0.1) is 6.92 Å². The average Bonchev–Trinajstić information content (AvgIpc) is 3.06. The van der Waals surface area contributed by atoms with Crippen LogP contribution in [0.25, 0.3) is 16.6 Å². The predicted molar refractivity (Wildman–Crippen MR) is 118 cm³/mol. The van der Waals surface area contributed by atoms with Gasteiger partial charge in [-0.2, -0.15) is 0 Å². The number of primary amides is 1. The van der Waals surface area contributed by atoms with E-state index in [2.05, 4.69) is 41.4 Å². The smallest absolute Gasteiger partial charge is 0.289 e. The SMILES string of the molecule is CCc1c(C(=O)C(N)=O)c2cnc(C)cn2c1Cc1ccc(-c2ccccc2)cc1. The molecule has 2 heterocycles. The van der Waals surface area contributed by atoms with E-state index in [1.54, 1.807) is 6.20 Å². The highest BCUT2D eigenvalue weighted by molar-refractivity contribution is 6.44. The van der Waals surface area contributed by atoms with Crippen LogP contribution in [0.15, 0.2) is 67.0 Å². The number of hydrogen-bond acceptors (Lipinski definition) is 3. The van der Waals surface area contributed by atoms with Gasteiger partial charge in [0.05, 0.1) is 23.0 Å². The van der Waals surface area contributed by atoms with E-state index < -0.39 is 11.7 Å². The molecule has 4 rings (SSSR count). The zero-order valence-corrected chi connectivity index (χ0v) is 17.1. The first-order valence-electron chi connectivity index (χ1n) is 9.96. The van der Waals surface area contributed by atoms with E-state index in [1.165, 1.54) is 5.56 Å². The monoisotopic (exact) mass is 397 g/mol. The van der Waals surface area contributed by atoms with Crippen molar-refractivity contribution in [3.63, 3.8) is 0 Å². The highest BCUT2D eigenvalue weighted by atomic mass is 16.2. The van der Waals surface area contributed by atoms with Gasteiger partial charge in [-0.1, -0.05) is 61.5 Å². The summed E-state index contributed by atoms with van der Waals surface area (Å²) in [6.07, 6.45) is 4.80. The van der Waals surface area contributed by atoms with Gasteiger partial charge in [0.1, 0.15) is 0 Å². The lowest BCUT2D eigenvalue weighted by molar-refractivity contribution is -0.114. The van der Waals surface area contributed by atoms with E-state index in [0.29, 0.717) is 23.9 Å². The number of aromatic nitrogens is 2. The number of carbonyl (C=O) groups is 2. The van der Waals surface area contributed by atoms with Crippen LogP contribution in [-0.4, -0.2) is 21.1 Å². The molecule has 4 aromatic rings. The van der Waals surface area contributed by atoms with Gasteiger partial charge in [0, 0.05) is 18.3 Å². The number of fused-ring (bicyclic) bond motifs is 1.